The molecule has 0 aromatic carbocycles. The van der Waals surface area contributed by atoms with Crippen molar-refractivity contribution in [2.45, 2.75) is 0 Å². The van der Waals surface area contributed by atoms with Crippen LogP contribution in [0.4, 0.5) is 0 Å². The van der Waals surface area contributed by atoms with E-state index in [1.165, 1.54) is 0 Å². The van der Waals surface area contributed by atoms with Crippen molar-refractivity contribution in [2.24, 2.45) is 0 Å². The topological polar surface area (TPSA) is 48.9 Å². The highest BCUT2D eigenvalue weighted by Crippen LogP contribution is 1.83. The molecule has 1 heterocycles. The first-order chi connectivity index (χ1) is 4.43. The standard InChI is InChI=1S/C6H6N2O/c9-3-1-2-6-4-7-5-8-6/h4-5,9H,3H2,(H,7,8). The minimum Gasteiger partial charge on any atom is -0.384 e. The quantitative estimate of drug-likeness (QED) is 0.466. The Bertz CT molecular complexity index is 217. The van der Waals surface area contributed by atoms with Crippen LogP contribution >= 0.6 is 0 Å². The van der Waals surface area contributed by atoms with E-state index in [0.29, 0.717) is 0 Å². The summed E-state index contributed by atoms with van der Waals surface area (Å²) in [7, 11) is 0. The largest absolute Gasteiger partial charge is 0.384 e. The molecule has 0 amide bonds. The average Bonchev–Trinajstić information content (AvgIpc) is 2.34. The lowest BCUT2D eigenvalue weighted by atomic mass is 10.5. The third-order valence-electron chi connectivity index (χ3n) is 0.800. The first-order valence-corrected chi connectivity index (χ1v) is 2.51. The van der Waals surface area contributed by atoms with Crippen LogP contribution in [0.5, 0.6) is 0 Å². The third-order valence-corrected chi connectivity index (χ3v) is 0.800. The fourth-order valence-corrected chi connectivity index (χ4v) is 0.459. The van der Waals surface area contributed by atoms with E-state index in [1.807, 2.05) is 0 Å². The van der Waals surface area contributed by atoms with Crippen LogP contribution in [-0.2, 0) is 0 Å². The van der Waals surface area contributed by atoms with E-state index in [9.17, 15) is 0 Å². The number of aromatic amines is 1. The van der Waals surface area contributed by atoms with E-state index in [0.717, 1.165) is 5.69 Å². The summed E-state index contributed by atoms with van der Waals surface area (Å²) in [6.07, 6.45) is 3.14. The second kappa shape index (κ2) is 2.90. The molecule has 9 heavy (non-hydrogen) atoms. The average molecular weight is 122 g/mol. The van der Waals surface area contributed by atoms with Gasteiger partial charge in [0.1, 0.15) is 12.3 Å². The summed E-state index contributed by atoms with van der Waals surface area (Å²) in [5.74, 6) is 5.14. The van der Waals surface area contributed by atoms with Gasteiger partial charge in [-0.2, -0.15) is 0 Å². The van der Waals surface area contributed by atoms with Crippen LogP contribution in [-0.4, -0.2) is 21.7 Å². The summed E-state index contributed by atoms with van der Waals surface area (Å²) in [5, 5.41) is 8.26. The Balaban J connectivity index is 2.67. The summed E-state index contributed by atoms with van der Waals surface area (Å²) in [6.45, 7) is -0.112. The van der Waals surface area contributed by atoms with Crippen molar-refractivity contribution in [2.75, 3.05) is 6.61 Å². The van der Waals surface area contributed by atoms with Gasteiger partial charge >= 0.3 is 0 Å². The zero-order valence-corrected chi connectivity index (χ0v) is 4.76. The molecule has 0 radical (unpaired) electrons. The molecule has 0 saturated carbocycles. The van der Waals surface area contributed by atoms with Gasteiger partial charge in [-0.15, -0.1) is 0 Å². The highest BCUT2D eigenvalue weighted by Gasteiger charge is 1.80. The number of hydrogen-bond donors (Lipinski definition) is 2. The fourth-order valence-electron chi connectivity index (χ4n) is 0.459. The minimum atomic E-state index is -0.112. The Labute approximate surface area is 52.7 Å². The number of nitrogens with zero attached hydrogens (tertiary/aromatic N) is 1. The summed E-state index contributed by atoms with van der Waals surface area (Å²) in [4.78, 5) is 6.51. The Morgan fingerprint density at radius 3 is 3.22 bits per heavy atom. The SMILES string of the molecule is OCC#Cc1cnc[nH]1. The van der Waals surface area contributed by atoms with Gasteiger partial charge in [-0.25, -0.2) is 4.98 Å². The molecule has 1 aromatic rings. The van der Waals surface area contributed by atoms with Crippen LogP contribution in [0.3, 0.4) is 0 Å². The van der Waals surface area contributed by atoms with Crippen LogP contribution in [0.1, 0.15) is 5.69 Å². The van der Waals surface area contributed by atoms with E-state index < -0.39 is 0 Å². The Kier molecular flexibility index (Phi) is 1.89. The van der Waals surface area contributed by atoms with Crippen molar-refractivity contribution >= 4 is 0 Å². The van der Waals surface area contributed by atoms with Gasteiger partial charge in [-0.05, 0) is 5.92 Å². The van der Waals surface area contributed by atoms with Crippen molar-refractivity contribution in [3.05, 3.63) is 18.2 Å². The van der Waals surface area contributed by atoms with Crippen LogP contribution in [0, 0.1) is 11.8 Å². The molecule has 0 fully saturated rings. The molecule has 0 atom stereocenters. The second-order valence-corrected chi connectivity index (χ2v) is 1.43. The number of H-pyrrole nitrogens is 1. The molecule has 1 aromatic heterocycles. The second-order valence-electron chi connectivity index (χ2n) is 1.43. The molecular formula is C6H6N2O. The van der Waals surface area contributed by atoms with Crippen molar-refractivity contribution in [1.82, 2.24) is 9.97 Å². The van der Waals surface area contributed by atoms with Gasteiger partial charge in [-0.1, -0.05) is 5.92 Å². The molecule has 1 rings (SSSR count). The molecule has 0 aliphatic carbocycles. The van der Waals surface area contributed by atoms with E-state index in [2.05, 4.69) is 21.8 Å². The number of hydrogen-bond acceptors (Lipinski definition) is 2. The molecule has 0 aliphatic heterocycles. The molecular weight excluding hydrogens is 116 g/mol. The predicted molar refractivity (Wildman–Crippen MR) is 32.6 cm³/mol. The Hall–Kier alpha value is -1.27. The normalized spacial score (nSPS) is 8.11. The first kappa shape index (κ1) is 5.86. The van der Waals surface area contributed by atoms with Gasteiger partial charge in [0.2, 0.25) is 0 Å². The van der Waals surface area contributed by atoms with Gasteiger partial charge in [0.05, 0.1) is 12.5 Å². The molecule has 3 nitrogen and oxygen atoms in total. The van der Waals surface area contributed by atoms with Crippen LogP contribution < -0.4 is 0 Å². The monoisotopic (exact) mass is 122 g/mol. The molecule has 2 N–H and O–H groups in total. The summed E-state index contributed by atoms with van der Waals surface area (Å²) >= 11 is 0. The lowest BCUT2D eigenvalue weighted by Gasteiger charge is -1.73. The van der Waals surface area contributed by atoms with Gasteiger partial charge in [0, 0.05) is 0 Å². The lowest BCUT2D eigenvalue weighted by Crippen LogP contribution is -1.74. The zero-order chi connectivity index (χ0) is 6.53. The number of nitrogens with one attached hydrogen (secondary N) is 1. The lowest BCUT2D eigenvalue weighted by molar-refractivity contribution is 0.350. The van der Waals surface area contributed by atoms with Crippen LogP contribution in [0.25, 0.3) is 0 Å². The van der Waals surface area contributed by atoms with E-state index >= 15 is 0 Å². The predicted octanol–water partition coefficient (Wildman–Crippen LogP) is -0.247. The van der Waals surface area contributed by atoms with Crippen LogP contribution in [0.2, 0.25) is 0 Å². The Morgan fingerprint density at radius 2 is 2.67 bits per heavy atom. The van der Waals surface area contributed by atoms with Gasteiger partial charge in [0.15, 0.2) is 0 Å². The molecule has 0 spiro atoms. The number of aliphatic hydroxyl groups is 1. The van der Waals surface area contributed by atoms with Crippen LogP contribution in [0.15, 0.2) is 12.5 Å². The molecule has 0 aliphatic rings. The van der Waals surface area contributed by atoms with E-state index in [1.54, 1.807) is 12.5 Å². The number of aliphatic hydroxyl groups excluding tert-OH is 1. The molecule has 46 valence electrons. The number of aromatic nitrogens is 2. The highest BCUT2D eigenvalue weighted by molar-refractivity contribution is 5.24. The molecule has 0 bridgehead atoms. The third kappa shape index (κ3) is 1.59. The maximum atomic E-state index is 8.26. The highest BCUT2D eigenvalue weighted by atomic mass is 16.2. The van der Waals surface area contributed by atoms with Crippen molar-refractivity contribution in [3.8, 4) is 11.8 Å². The molecule has 3 heteroatoms. The zero-order valence-electron chi connectivity index (χ0n) is 4.76. The summed E-state index contributed by atoms with van der Waals surface area (Å²) in [6, 6.07) is 0. The fraction of sp³-hybridized carbons (Fsp3) is 0.167. The van der Waals surface area contributed by atoms with Gasteiger partial charge in [-0.3, -0.25) is 0 Å². The maximum absolute atomic E-state index is 8.26. The van der Waals surface area contributed by atoms with Crippen molar-refractivity contribution in [3.63, 3.8) is 0 Å². The minimum absolute atomic E-state index is 0.112. The smallest absolute Gasteiger partial charge is 0.109 e. The molecule has 0 saturated heterocycles. The Morgan fingerprint density at radius 1 is 1.78 bits per heavy atom. The van der Waals surface area contributed by atoms with Gasteiger partial charge < -0.3 is 10.1 Å². The summed E-state index contributed by atoms with van der Waals surface area (Å²) < 4.78 is 0. The van der Waals surface area contributed by atoms with Crippen molar-refractivity contribution < 1.29 is 5.11 Å². The summed E-state index contributed by atoms with van der Waals surface area (Å²) in [5.41, 5.74) is 0.726. The van der Waals surface area contributed by atoms with Crippen molar-refractivity contribution in [1.29, 1.82) is 0 Å². The number of rotatable bonds is 0. The molecule has 0 unspecified atom stereocenters. The number of imidazole rings is 1. The van der Waals surface area contributed by atoms with E-state index in [-0.39, 0.29) is 6.61 Å². The van der Waals surface area contributed by atoms with Gasteiger partial charge in [0.25, 0.3) is 0 Å². The van der Waals surface area contributed by atoms with E-state index in [4.69, 9.17) is 5.11 Å². The first-order valence-electron chi connectivity index (χ1n) is 2.51. The maximum Gasteiger partial charge on any atom is 0.109 e.